The van der Waals surface area contributed by atoms with Crippen LogP contribution in [0.15, 0.2) is 128 Å². The lowest BCUT2D eigenvalue weighted by molar-refractivity contribution is -0.121. The first kappa shape index (κ1) is 29.7. The fourth-order valence-corrected chi connectivity index (χ4v) is 5.70. The molecule has 0 fully saturated rings. The summed E-state index contributed by atoms with van der Waals surface area (Å²) in [6.07, 6.45) is 5.96. The molecule has 2 heterocycles. The predicted molar refractivity (Wildman–Crippen MR) is 179 cm³/mol. The van der Waals surface area contributed by atoms with E-state index < -0.39 is 0 Å². The van der Waals surface area contributed by atoms with Gasteiger partial charge in [-0.15, -0.1) is 0 Å². The number of rotatable bonds is 12. The molecule has 4 aromatic carbocycles. The number of carbonyl (C=O) groups is 1. The number of carbonyl (C=O) groups excluding carboxylic acids is 1. The molecule has 6 aromatic rings. The quantitative estimate of drug-likeness (QED) is 0.157. The van der Waals surface area contributed by atoms with Crippen molar-refractivity contribution in [3.05, 3.63) is 161 Å². The van der Waals surface area contributed by atoms with Gasteiger partial charge in [-0.25, -0.2) is 0 Å². The molecule has 6 rings (SSSR count). The van der Waals surface area contributed by atoms with Gasteiger partial charge >= 0.3 is 0 Å². The number of nitrogens with zero attached hydrogens (tertiary/aromatic N) is 2. The molecule has 1 N–H and O–H groups in total. The van der Waals surface area contributed by atoms with Gasteiger partial charge in [-0.05, 0) is 65.1 Å². The zero-order valence-electron chi connectivity index (χ0n) is 25.6. The minimum absolute atomic E-state index is 0.0326. The van der Waals surface area contributed by atoms with Gasteiger partial charge in [0, 0.05) is 54.9 Å². The van der Waals surface area contributed by atoms with E-state index in [-0.39, 0.29) is 18.2 Å². The summed E-state index contributed by atoms with van der Waals surface area (Å²) < 4.78 is 14.3. The maximum atomic E-state index is 13.6. The van der Waals surface area contributed by atoms with E-state index in [1.807, 2.05) is 60.7 Å². The molecule has 0 aliphatic rings. The van der Waals surface area contributed by atoms with E-state index >= 15 is 0 Å². The number of ether oxygens (including phenoxy) is 2. The van der Waals surface area contributed by atoms with Crippen molar-refractivity contribution in [2.45, 2.75) is 39.0 Å². The molecule has 2 aromatic heterocycles. The molecule has 226 valence electrons. The lowest BCUT2D eigenvalue weighted by Gasteiger charge is -2.20. The van der Waals surface area contributed by atoms with Crippen LogP contribution in [0.25, 0.3) is 10.9 Å². The van der Waals surface area contributed by atoms with Crippen molar-refractivity contribution < 1.29 is 14.3 Å². The zero-order chi connectivity index (χ0) is 31.0. The third kappa shape index (κ3) is 7.24. The standard InChI is InChI=1S/C39H37N3O3/c1-28-12-14-30(15-13-28)25-42-26-35(33-10-6-7-11-36(33)42)34(23-39(43)41-24-29-18-20-40-21-19-29)32-16-17-37(44-2)38(22-32)45-27-31-8-4-3-5-9-31/h3-22,26,34H,23-25,27H2,1-2H3,(H,41,43)/t34-/m0/s1. The van der Waals surface area contributed by atoms with E-state index in [1.54, 1.807) is 19.5 Å². The number of pyridine rings is 1. The highest BCUT2D eigenvalue weighted by molar-refractivity contribution is 5.87. The second-order valence-corrected chi connectivity index (χ2v) is 11.3. The van der Waals surface area contributed by atoms with Crippen molar-refractivity contribution in [3.8, 4) is 11.5 Å². The van der Waals surface area contributed by atoms with Gasteiger partial charge in [0.2, 0.25) is 5.91 Å². The van der Waals surface area contributed by atoms with Crippen LogP contribution in [-0.2, 0) is 24.5 Å². The summed E-state index contributed by atoms with van der Waals surface area (Å²) in [5.41, 5.74) is 7.73. The lowest BCUT2D eigenvalue weighted by Crippen LogP contribution is -2.25. The molecular weight excluding hydrogens is 558 g/mol. The highest BCUT2D eigenvalue weighted by Gasteiger charge is 2.24. The highest BCUT2D eigenvalue weighted by atomic mass is 16.5. The molecule has 1 atom stereocenters. The van der Waals surface area contributed by atoms with Crippen LogP contribution >= 0.6 is 0 Å². The van der Waals surface area contributed by atoms with Gasteiger partial charge in [0.15, 0.2) is 11.5 Å². The molecule has 0 saturated carbocycles. The monoisotopic (exact) mass is 595 g/mol. The Morgan fingerprint density at radius 2 is 1.58 bits per heavy atom. The van der Waals surface area contributed by atoms with E-state index in [0.29, 0.717) is 24.7 Å². The highest BCUT2D eigenvalue weighted by Crippen LogP contribution is 2.39. The van der Waals surface area contributed by atoms with Gasteiger partial charge in [0.25, 0.3) is 0 Å². The number of fused-ring (bicyclic) bond motifs is 1. The van der Waals surface area contributed by atoms with Gasteiger partial charge in [0.1, 0.15) is 6.61 Å². The molecule has 0 aliphatic carbocycles. The van der Waals surface area contributed by atoms with Crippen molar-refractivity contribution in [1.82, 2.24) is 14.9 Å². The Labute approximate surface area is 264 Å². The largest absolute Gasteiger partial charge is 0.493 e. The van der Waals surface area contributed by atoms with Crippen LogP contribution in [0.3, 0.4) is 0 Å². The Kier molecular flexibility index (Phi) is 9.21. The molecule has 6 heteroatoms. The minimum atomic E-state index is -0.225. The van der Waals surface area contributed by atoms with Crippen molar-refractivity contribution in [2.24, 2.45) is 0 Å². The maximum absolute atomic E-state index is 13.6. The SMILES string of the molecule is COc1ccc([C@H](CC(=O)NCc2ccncc2)c2cn(Cc3ccc(C)cc3)c3ccccc23)cc1OCc1ccccc1. The molecule has 0 radical (unpaired) electrons. The maximum Gasteiger partial charge on any atom is 0.221 e. The predicted octanol–water partition coefficient (Wildman–Crippen LogP) is 7.82. The summed E-state index contributed by atoms with van der Waals surface area (Å²) in [6, 6.07) is 36.9. The molecule has 0 unspecified atom stereocenters. The van der Waals surface area contributed by atoms with E-state index in [4.69, 9.17) is 9.47 Å². The van der Waals surface area contributed by atoms with Gasteiger partial charge in [-0.1, -0.05) is 84.4 Å². The number of hydrogen-bond acceptors (Lipinski definition) is 4. The number of hydrogen-bond donors (Lipinski definition) is 1. The molecule has 1 amide bonds. The summed E-state index contributed by atoms with van der Waals surface area (Å²) >= 11 is 0. The fourth-order valence-electron chi connectivity index (χ4n) is 5.70. The van der Waals surface area contributed by atoms with Crippen LogP contribution in [0.5, 0.6) is 11.5 Å². The van der Waals surface area contributed by atoms with Gasteiger partial charge in [-0.2, -0.15) is 0 Å². The summed E-state index contributed by atoms with van der Waals surface area (Å²) in [5.74, 6) is 1.04. The molecule has 0 spiro atoms. The first-order valence-corrected chi connectivity index (χ1v) is 15.2. The number of benzene rings is 4. The fraction of sp³-hybridized carbons (Fsp3) is 0.179. The van der Waals surface area contributed by atoms with E-state index in [0.717, 1.165) is 39.7 Å². The molecular formula is C39H37N3O3. The Bertz CT molecular complexity index is 1870. The van der Waals surface area contributed by atoms with Crippen molar-refractivity contribution in [3.63, 3.8) is 0 Å². The summed E-state index contributed by atoms with van der Waals surface area (Å²) in [7, 11) is 1.65. The summed E-state index contributed by atoms with van der Waals surface area (Å²) in [4.78, 5) is 17.7. The molecule has 6 nitrogen and oxygen atoms in total. The summed E-state index contributed by atoms with van der Waals surface area (Å²) in [5, 5.41) is 4.25. The van der Waals surface area contributed by atoms with Gasteiger partial charge in [0.05, 0.1) is 7.11 Å². The Morgan fingerprint density at radius 3 is 2.36 bits per heavy atom. The third-order valence-electron chi connectivity index (χ3n) is 8.12. The van der Waals surface area contributed by atoms with Gasteiger partial charge in [-0.3, -0.25) is 9.78 Å². The van der Waals surface area contributed by atoms with Crippen LogP contribution in [0.2, 0.25) is 0 Å². The third-order valence-corrected chi connectivity index (χ3v) is 8.12. The Hall–Kier alpha value is -5.36. The normalized spacial score (nSPS) is 11.7. The number of methoxy groups -OCH3 is 1. The lowest BCUT2D eigenvalue weighted by atomic mass is 9.87. The Balaban J connectivity index is 1.37. The Morgan fingerprint density at radius 1 is 0.822 bits per heavy atom. The van der Waals surface area contributed by atoms with Crippen LogP contribution < -0.4 is 14.8 Å². The van der Waals surface area contributed by atoms with E-state index in [2.05, 4.69) is 76.5 Å². The molecule has 0 aliphatic heterocycles. The summed E-state index contributed by atoms with van der Waals surface area (Å²) in [6.45, 7) is 3.69. The number of aromatic nitrogens is 2. The van der Waals surface area contributed by atoms with E-state index in [1.165, 1.54) is 11.1 Å². The number of amides is 1. The average molecular weight is 596 g/mol. The number of nitrogens with one attached hydrogen (secondary N) is 1. The van der Waals surface area contributed by atoms with Crippen LogP contribution in [0.4, 0.5) is 0 Å². The smallest absolute Gasteiger partial charge is 0.221 e. The van der Waals surface area contributed by atoms with Crippen molar-refractivity contribution >= 4 is 16.8 Å². The first-order chi connectivity index (χ1) is 22.1. The van der Waals surface area contributed by atoms with Gasteiger partial charge < -0.3 is 19.4 Å². The van der Waals surface area contributed by atoms with Crippen molar-refractivity contribution in [2.75, 3.05) is 7.11 Å². The zero-order valence-corrected chi connectivity index (χ0v) is 25.6. The minimum Gasteiger partial charge on any atom is -0.493 e. The average Bonchev–Trinajstić information content (AvgIpc) is 3.45. The molecule has 45 heavy (non-hydrogen) atoms. The second-order valence-electron chi connectivity index (χ2n) is 11.3. The molecule has 0 saturated heterocycles. The van der Waals surface area contributed by atoms with Crippen LogP contribution in [0.1, 0.15) is 45.7 Å². The number of para-hydroxylation sites is 1. The van der Waals surface area contributed by atoms with E-state index in [9.17, 15) is 4.79 Å². The number of aryl methyl sites for hydroxylation is 1. The van der Waals surface area contributed by atoms with Crippen LogP contribution in [-0.4, -0.2) is 22.6 Å². The van der Waals surface area contributed by atoms with Crippen LogP contribution in [0, 0.1) is 6.92 Å². The van der Waals surface area contributed by atoms with Crippen molar-refractivity contribution in [1.29, 1.82) is 0 Å². The molecule has 0 bridgehead atoms. The topological polar surface area (TPSA) is 65.4 Å². The second kappa shape index (κ2) is 14.0. The first-order valence-electron chi connectivity index (χ1n) is 15.2.